The van der Waals surface area contributed by atoms with Gasteiger partial charge in [-0.15, -0.1) is 0 Å². The molecule has 1 aliphatic rings. The van der Waals surface area contributed by atoms with Crippen LogP contribution in [-0.2, 0) is 19.1 Å². The average molecular weight is 472 g/mol. The van der Waals surface area contributed by atoms with Gasteiger partial charge in [-0.25, -0.2) is 9.59 Å². The molecule has 1 atom stereocenters. The molecule has 0 aliphatic carbocycles. The highest BCUT2D eigenvalue weighted by Crippen LogP contribution is 2.31. The van der Waals surface area contributed by atoms with E-state index < -0.39 is 17.9 Å². The van der Waals surface area contributed by atoms with E-state index in [2.05, 4.69) is 12.1 Å². The first-order valence-electron chi connectivity index (χ1n) is 10.7. The largest absolute Gasteiger partial charge is 0.497 e. The molecule has 1 unspecified atom stereocenters. The minimum atomic E-state index is -1.26. The van der Waals surface area contributed by atoms with Crippen molar-refractivity contribution in [1.29, 1.82) is 0 Å². The Kier molecular flexibility index (Phi) is 10.8. The van der Waals surface area contributed by atoms with E-state index in [0.29, 0.717) is 12.2 Å². The first-order chi connectivity index (χ1) is 16.3. The van der Waals surface area contributed by atoms with Gasteiger partial charge < -0.3 is 24.8 Å². The van der Waals surface area contributed by atoms with E-state index >= 15 is 0 Å². The summed E-state index contributed by atoms with van der Waals surface area (Å²) in [5.74, 6) is -2.47. The predicted molar refractivity (Wildman–Crippen MR) is 124 cm³/mol. The fourth-order valence-electron chi connectivity index (χ4n) is 3.49. The lowest BCUT2D eigenvalue weighted by molar-refractivity contribution is -0.139. The lowest BCUT2D eigenvalue weighted by atomic mass is 10.00. The van der Waals surface area contributed by atoms with Crippen molar-refractivity contribution in [2.24, 2.45) is 0 Å². The minimum Gasteiger partial charge on any atom is -0.497 e. The van der Waals surface area contributed by atoms with Gasteiger partial charge >= 0.3 is 17.9 Å². The third kappa shape index (κ3) is 9.43. The second kappa shape index (κ2) is 13.8. The second-order valence-corrected chi connectivity index (χ2v) is 7.58. The van der Waals surface area contributed by atoms with Crippen molar-refractivity contribution in [3.63, 3.8) is 0 Å². The first-order valence-corrected chi connectivity index (χ1v) is 10.7. The molecule has 0 radical (unpaired) electrons. The van der Waals surface area contributed by atoms with Crippen molar-refractivity contribution in [3.8, 4) is 5.75 Å². The number of hydrogen-bond acceptors (Lipinski definition) is 6. The molecule has 0 spiro atoms. The molecule has 0 saturated carbocycles. The molecule has 0 bridgehead atoms. The Hall–Kier alpha value is -3.69. The summed E-state index contributed by atoms with van der Waals surface area (Å²) in [6.07, 6.45) is 2.77. The molecule has 9 nitrogen and oxygen atoms in total. The molecular weight excluding hydrogens is 442 g/mol. The number of likely N-dealkylation sites (tertiary alicyclic amines) is 1. The zero-order chi connectivity index (χ0) is 24.9. The lowest BCUT2D eigenvalue weighted by Gasteiger charge is -2.33. The molecule has 2 aromatic rings. The van der Waals surface area contributed by atoms with Gasteiger partial charge in [0.15, 0.2) is 0 Å². The van der Waals surface area contributed by atoms with Crippen LogP contribution in [0.2, 0.25) is 0 Å². The smallest absolute Gasteiger partial charge is 0.328 e. The summed E-state index contributed by atoms with van der Waals surface area (Å²) in [4.78, 5) is 31.9. The molecule has 34 heavy (non-hydrogen) atoms. The van der Waals surface area contributed by atoms with E-state index in [1.165, 1.54) is 0 Å². The van der Waals surface area contributed by atoms with Gasteiger partial charge in [-0.2, -0.15) is 0 Å². The second-order valence-electron chi connectivity index (χ2n) is 7.58. The number of piperidine rings is 1. The highest BCUT2D eigenvalue weighted by Gasteiger charge is 2.25. The van der Waals surface area contributed by atoms with Crippen molar-refractivity contribution >= 4 is 17.9 Å². The first kappa shape index (κ1) is 26.6. The van der Waals surface area contributed by atoms with Crippen LogP contribution in [0.5, 0.6) is 5.75 Å². The number of hydrogen-bond donors (Lipinski definition) is 3. The van der Waals surface area contributed by atoms with Gasteiger partial charge in [-0.1, -0.05) is 42.5 Å². The maximum atomic E-state index is 10.9. The van der Waals surface area contributed by atoms with Crippen molar-refractivity contribution in [2.45, 2.75) is 25.0 Å². The Bertz CT molecular complexity index is 935. The monoisotopic (exact) mass is 471 g/mol. The fraction of sp³-hybridized carbons (Fsp3) is 0.320. The molecule has 1 saturated heterocycles. The van der Waals surface area contributed by atoms with E-state index in [9.17, 15) is 14.4 Å². The van der Waals surface area contributed by atoms with Crippen LogP contribution in [0.25, 0.3) is 0 Å². The molecule has 0 amide bonds. The molecule has 1 fully saturated rings. The summed E-state index contributed by atoms with van der Waals surface area (Å²) in [5, 5.41) is 24.6. The van der Waals surface area contributed by atoms with Crippen molar-refractivity contribution in [1.82, 2.24) is 4.90 Å². The van der Waals surface area contributed by atoms with Crippen LogP contribution in [0, 0.1) is 0 Å². The van der Waals surface area contributed by atoms with Crippen LogP contribution < -0.4 is 4.74 Å². The third-order valence-corrected chi connectivity index (χ3v) is 5.11. The third-order valence-electron chi connectivity index (χ3n) is 5.11. The maximum absolute atomic E-state index is 10.9. The average Bonchev–Trinajstić information content (AvgIpc) is 2.83. The summed E-state index contributed by atoms with van der Waals surface area (Å²) in [6, 6.07) is 18.2. The van der Waals surface area contributed by atoms with Crippen LogP contribution in [0.3, 0.4) is 0 Å². The Morgan fingerprint density at radius 1 is 0.912 bits per heavy atom. The summed E-state index contributed by atoms with van der Waals surface area (Å²) < 4.78 is 11.7. The number of nitrogens with zero attached hydrogens (tertiary/aromatic N) is 1. The van der Waals surface area contributed by atoms with Crippen molar-refractivity contribution in [2.75, 3.05) is 26.7 Å². The molecule has 2 aromatic carbocycles. The highest BCUT2D eigenvalue weighted by molar-refractivity contribution is 5.89. The van der Waals surface area contributed by atoms with Gasteiger partial charge in [0.2, 0.25) is 0 Å². The number of aliphatic carboxylic acids is 3. The van der Waals surface area contributed by atoms with Gasteiger partial charge in [0, 0.05) is 25.2 Å². The molecule has 0 aromatic heterocycles. The van der Waals surface area contributed by atoms with Gasteiger partial charge in [-0.3, -0.25) is 9.69 Å². The molecule has 1 aliphatic heterocycles. The van der Waals surface area contributed by atoms with Crippen LogP contribution in [0.15, 0.2) is 66.7 Å². The number of benzene rings is 2. The quantitative estimate of drug-likeness (QED) is 0.472. The van der Waals surface area contributed by atoms with E-state index in [1.807, 2.05) is 47.4 Å². The molecular formula is C25H29NO8. The van der Waals surface area contributed by atoms with E-state index in [0.717, 1.165) is 42.8 Å². The van der Waals surface area contributed by atoms with Gasteiger partial charge in [0.1, 0.15) is 11.9 Å². The maximum Gasteiger partial charge on any atom is 0.328 e. The van der Waals surface area contributed by atoms with E-state index in [-0.39, 0.29) is 18.8 Å². The molecule has 9 heteroatoms. The zero-order valence-electron chi connectivity index (χ0n) is 18.9. The van der Waals surface area contributed by atoms with E-state index in [1.54, 1.807) is 7.11 Å². The highest BCUT2D eigenvalue weighted by atomic mass is 16.5. The predicted octanol–water partition coefficient (Wildman–Crippen LogP) is 3.06. The number of carbonyl (C=O) groups is 3. The lowest BCUT2D eigenvalue weighted by Crippen LogP contribution is -2.40. The summed E-state index contributed by atoms with van der Waals surface area (Å²) >= 11 is 0. The standard InChI is InChI=1S/C21H25NO4.C4H4O4/c1-25-18-9-7-17(8-10-18)21(16-5-3-2-4-6-16)26-19-11-13-22(14-12-19)15-20(23)24;5-3(6)1-2-4(7)8/h2-10,19,21H,11-15H2,1H3,(H,23,24);1-2H,(H,5,6)(H,7,8). The van der Waals surface area contributed by atoms with Gasteiger partial charge in [-0.05, 0) is 36.1 Å². The number of rotatable bonds is 9. The minimum absolute atomic E-state index is 0.104. The number of ether oxygens (including phenoxy) is 2. The van der Waals surface area contributed by atoms with Gasteiger partial charge in [0.05, 0.1) is 19.8 Å². The fourth-order valence-corrected chi connectivity index (χ4v) is 3.49. The number of carboxylic acid groups (broad SMARTS) is 3. The number of methoxy groups -OCH3 is 1. The normalized spacial score (nSPS) is 15.2. The topological polar surface area (TPSA) is 134 Å². The zero-order valence-corrected chi connectivity index (χ0v) is 18.9. The van der Waals surface area contributed by atoms with Crippen molar-refractivity contribution < 1.29 is 39.2 Å². The Labute approximate surface area is 197 Å². The summed E-state index contributed by atoms with van der Waals surface area (Å²) in [6.45, 7) is 1.61. The Morgan fingerprint density at radius 2 is 1.44 bits per heavy atom. The van der Waals surface area contributed by atoms with Gasteiger partial charge in [0.25, 0.3) is 0 Å². The van der Waals surface area contributed by atoms with Crippen LogP contribution >= 0.6 is 0 Å². The van der Waals surface area contributed by atoms with Crippen LogP contribution in [0.4, 0.5) is 0 Å². The van der Waals surface area contributed by atoms with E-state index in [4.69, 9.17) is 24.8 Å². The Morgan fingerprint density at radius 3 is 1.91 bits per heavy atom. The molecule has 1 heterocycles. The number of carboxylic acids is 3. The summed E-state index contributed by atoms with van der Waals surface area (Å²) in [5.41, 5.74) is 2.20. The molecule has 182 valence electrons. The Balaban J connectivity index is 0.000000440. The van der Waals surface area contributed by atoms with Crippen molar-refractivity contribution in [3.05, 3.63) is 77.9 Å². The van der Waals surface area contributed by atoms with Crippen LogP contribution in [-0.4, -0.2) is 71.0 Å². The molecule has 3 N–H and O–H groups in total. The van der Waals surface area contributed by atoms with Crippen LogP contribution in [0.1, 0.15) is 30.1 Å². The SMILES string of the molecule is COc1ccc(C(OC2CCN(CC(=O)O)CC2)c2ccccc2)cc1.O=C(O)C=CC(=O)O. The molecule has 3 rings (SSSR count). The summed E-state index contributed by atoms with van der Waals surface area (Å²) in [7, 11) is 1.66.